The van der Waals surface area contributed by atoms with Crippen LogP contribution < -0.4 is 16.0 Å². The van der Waals surface area contributed by atoms with Crippen molar-refractivity contribution in [3.05, 3.63) is 89.5 Å². The van der Waals surface area contributed by atoms with Crippen LogP contribution in [-0.2, 0) is 30.5 Å². The summed E-state index contributed by atoms with van der Waals surface area (Å²) in [4.78, 5) is 63.0. The summed E-state index contributed by atoms with van der Waals surface area (Å²) in [6, 6.07) is 20.8. The highest BCUT2D eigenvalue weighted by Gasteiger charge is 2.31. The Bertz CT molecular complexity index is 1580. The molecule has 0 saturated heterocycles. The van der Waals surface area contributed by atoms with Gasteiger partial charge in [-0.15, -0.1) is 0 Å². The lowest BCUT2D eigenvalue weighted by molar-refractivity contribution is -0.137. The molecule has 4 rings (SSSR count). The minimum absolute atomic E-state index is 0.00391. The van der Waals surface area contributed by atoms with Gasteiger partial charge in [0.2, 0.25) is 11.8 Å². The first-order chi connectivity index (χ1) is 22.9. The lowest BCUT2D eigenvalue weighted by atomic mass is 9.98. The number of ether oxygens (including phenoxy) is 2. The second-order valence-corrected chi connectivity index (χ2v) is 12.1. The number of carboxylic acids is 1. The molecule has 0 aromatic heterocycles. The van der Waals surface area contributed by atoms with E-state index < -0.39 is 42.1 Å². The first kappa shape index (κ1) is 35.5. The van der Waals surface area contributed by atoms with Gasteiger partial charge in [0.15, 0.2) is 0 Å². The summed E-state index contributed by atoms with van der Waals surface area (Å²) in [5, 5.41) is 16.8. The maximum absolute atomic E-state index is 13.2. The zero-order valence-corrected chi connectivity index (χ0v) is 27.5. The number of nitrogens with one attached hydrogen (secondary N) is 3. The summed E-state index contributed by atoms with van der Waals surface area (Å²) >= 11 is 0. The molecule has 0 saturated carbocycles. The van der Waals surface area contributed by atoms with Crippen LogP contribution in [0.4, 0.5) is 15.3 Å². The van der Waals surface area contributed by atoms with E-state index >= 15 is 0 Å². The van der Waals surface area contributed by atoms with E-state index in [1.54, 1.807) is 45.0 Å². The Morgan fingerprint density at radius 1 is 0.812 bits per heavy atom. The molecule has 1 aliphatic carbocycles. The van der Waals surface area contributed by atoms with Crippen molar-refractivity contribution in [2.45, 2.75) is 58.2 Å². The molecule has 4 N–H and O–H groups in total. The van der Waals surface area contributed by atoms with E-state index in [-0.39, 0.29) is 38.0 Å². The fraction of sp³-hybridized carbons (Fsp3) is 0.361. The van der Waals surface area contributed by atoms with Crippen molar-refractivity contribution in [1.29, 1.82) is 0 Å². The van der Waals surface area contributed by atoms with Gasteiger partial charge in [0.25, 0.3) is 0 Å². The minimum atomic E-state index is -0.936. The molecule has 12 heteroatoms. The van der Waals surface area contributed by atoms with E-state index in [9.17, 15) is 24.0 Å². The summed E-state index contributed by atoms with van der Waals surface area (Å²) in [6.07, 6.45) is -1.01. The Morgan fingerprint density at radius 2 is 1.42 bits per heavy atom. The van der Waals surface area contributed by atoms with Crippen molar-refractivity contribution < 1.29 is 38.6 Å². The van der Waals surface area contributed by atoms with Crippen LogP contribution in [0.15, 0.2) is 72.8 Å². The van der Waals surface area contributed by atoms with Gasteiger partial charge >= 0.3 is 18.2 Å². The molecular weight excluding hydrogens is 616 g/mol. The SMILES string of the molecule is CC(C)[C@H](NC(=O)OCC1c2ccccc2-c2ccccc21)C(=O)N[C@@H](C)C(=O)Nc1ccc(COC(=O)N(C)CCCC(=O)O)cc1. The average Bonchev–Trinajstić information content (AvgIpc) is 3.38. The predicted molar refractivity (Wildman–Crippen MR) is 179 cm³/mol. The zero-order valence-electron chi connectivity index (χ0n) is 27.5. The molecule has 0 fully saturated rings. The normalized spacial score (nSPS) is 13.0. The first-order valence-electron chi connectivity index (χ1n) is 15.9. The van der Waals surface area contributed by atoms with Crippen LogP contribution in [0, 0.1) is 5.92 Å². The molecule has 3 aromatic rings. The van der Waals surface area contributed by atoms with Crippen molar-refractivity contribution in [3.8, 4) is 11.1 Å². The lowest BCUT2D eigenvalue weighted by Crippen LogP contribution is -2.53. The predicted octanol–water partition coefficient (Wildman–Crippen LogP) is 5.13. The number of fused-ring (bicyclic) bond motifs is 3. The first-order valence-corrected chi connectivity index (χ1v) is 15.9. The molecule has 1 aliphatic rings. The quantitative estimate of drug-likeness (QED) is 0.185. The molecule has 0 spiro atoms. The third kappa shape index (κ3) is 9.34. The van der Waals surface area contributed by atoms with E-state index in [0.717, 1.165) is 22.3 Å². The van der Waals surface area contributed by atoms with Crippen LogP contribution in [0.5, 0.6) is 0 Å². The number of anilines is 1. The molecule has 2 atom stereocenters. The van der Waals surface area contributed by atoms with Gasteiger partial charge in [-0.1, -0.05) is 74.5 Å². The van der Waals surface area contributed by atoms with Crippen molar-refractivity contribution in [2.75, 3.05) is 25.5 Å². The number of hydrogen-bond donors (Lipinski definition) is 4. The van der Waals surface area contributed by atoms with Crippen LogP contribution >= 0.6 is 0 Å². The summed E-state index contributed by atoms with van der Waals surface area (Å²) in [7, 11) is 1.53. The fourth-order valence-electron chi connectivity index (χ4n) is 5.42. The molecule has 0 aliphatic heterocycles. The van der Waals surface area contributed by atoms with Crippen molar-refractivity contribution in [3.63, 3.8) is 0 Å². The van der Waals surface area contributed by atoms with Crippen molar-refractivity contribution in [1.82, 2.24) is 15.5 Å². The van der Waals surface area contributed by atoms with Gasteiger partial charge in [0.05, 0.1) is 0 Å². The summed E-state index contributed by atoms with van der Waals surface area (Å²) < 4.78 is 10.9. The number of hydrogen-bond acceptors (Lipinski definition) is 7. The van der Waals surface area contributed by atoms with Crippen LogP contribution in [0.2, 0.25) is 0 Å². The van der Waals surface area contributed by atoms with Gasteiger partial charge < -0.3 is 35.4 Å². The summed E-state index contributed by atoms with van der Waals surface area (Å²) in [5.41, 5.74) is 5.54. The van der Waals surface area contributed by atoms with Gasteiger partial charge in [-0.3, -0.25) is 14.4 Å². The van der Waals surface area contributed by atoms with Gasteiger partial charge in [-0.25, -0.2) is 9.59 Å². The minimum Gasteiger partial charge on any atom is -0.481 e. The zero-order chi connectivity index (χ0) is 34.8. The Labute approximate surface area is 279 Å². The number of nitrogens with zero attached hydrogens (tertiary/aromatic N) is 1. The number of alkyl carbamates (subject to hydrolysis) is 1. The molecule has 48 heavy (non-hydrogen) atoms. The molecular formula is C36H42N4O8. The number of carboxylic acid groups (broad SMARTS) is 1. The highest BCUT2D eigenvalue weighted by molar-refractivity contribution is 5.98. The van der Waals surface area contributed by atoms with Gasteiger partial charge in [-0.05, 0) is 59.2 Å². The van der Waals surface area contributed by atoms with Crippen LogP contribution in [0.25, 0.3) is 11.1 Å². The molecule has 0 unspecified atom stereocenters. The largest absolute Gasteiger partial charge is 0.481 e. The smallest absolute Gasteiger partial charge is 0.409 e. The second-order valence-electron chi connectivity index (χ2n) is 12.1. The molecule has 3 aromatic carbocycles. The monoisotopic (exact) mass is 658 g/mol. The highest BCUT2D eigenvalue weighted by Crippen LogP contribution is 2.44. The number of benzene rings is 3. The molecule has 4 amide bonds. The van der Waals surface area contributed by atoms with Gasteiger partial charge in [0.1, 0.15) is 25.3 Å². The number of aliphatic carboxylic acids is 1. The van der Waals surface area contributed by atoms with Crippen LogP contribution in [0.1, 0.15) is 56.2 Å². The Hall–Kier alpha value is -5.39. The molecule has 0 bridgehead atoms. The number of carbonyl (C=O) groups excluding carboxylic acids is 4. The average molecular weight is 659 g/mol. The van der Waals surface area contributed by atoms with E-state index in [1.165, 1.54) is 11.9 Å². The van der Waals surface area contributed by atoms with E-state index in [2.05, 4.69) is 28.1 Å². The van der Waals surface area contributed by atoms with Crippen LogP contribution in [-0.4, -0.2) is 72.3 Å². The maximum Gasteiger partial charge on any atom is 0.409 e. The molecule has 12 nitrogen and oxygen atoms in total. The lowest BCUT2D eigenvalue weighted by Gasteiger charge is -2.24. The Balaban J connectivity index is 1.23. The third-order valence-corrected chi connectivity index (χ3v) is 8.10. The number of carbonyl (C=O) groups is 5. The van der Waals surface area contributed by atoms with Crippen LogP contribution in [0.3, 0.4) is 0 Å². The summed E-state index contributed by atoms with van der Waals surface area (Å²) in [5.74, 6) is -2.32. The summed E-state index contributed by atoms with van der Waals surface area (Å²) in [6.45, 7) is 5.48. The molecule has 0 radical (unpaired) electrons. The standard InChI is InChI=1S/C36H42N4O8/c1-22(2)32(39-35(45)47-21-30-28-12-7-5-10-26(28)27-11-6-8-13-29(27)30)34(44)37-23(3)33(43)38-25-17-15-24(16-18-25)20-48-36(46)40(4)19-9-14-31(41)42/h5-8,10-13,15-18,22-23,30,32H,9,14,19-21H2,1-4H3,(H,37,44)(H,38,43)(H,39,45)(H,41,42)/t23-,32-/m0/s1. The Kier molecular flexibility index (Phi) is 12.1. The van der Waals surface area contributed by atoms with E-state index in [4.69, 9.17) is 14.6 Å². The Morgan fingerprint density at radius 3 is 2.00 bits per heavy atom. The van der Waals surface area contributed by atoms with Gasteiger partial charge in [0, 0.05) is 31.6 Å². The highest BCUT2D eigenvalue weighted by atomic mass is 16.6. The van der Waals surface area contributed by atoms with E-state index in [1.807, 2.05) is 36.4 Å². The van der Waals surface area contributed by atoms with Crippen molar-refractivity contribution >= 4 is 35.7 Å². The van der Waals surface area contributed by atoms with Crippen molar-refractivity contribution in [2.24, 2.45) is 5.92 Å². The molecule has 254 valence electrons. The number of rotatable bonds is 14. The third-order valence-electron chi connectivity index (χ3n) is 8.10. The fourth-order valence-corrected chi connectivity index (χ4v) is 5.42. The maximum atomic E-state index is 13.2. The topological polar surface area (TPSA) is 163 Å². The van der Waals surface area contributed by atoms with E-state index in [0.29, 0.717) is 17.7 Å². The van der Waals surface area contributed by atoms with Gasteiger partial charge in [-0.2, -0.15) is 0 Å². The number of amides is 4. The molecule has 0 heterocycles. The second kappa shape index (κ2) is 16.4.